The van der Waals surface area contributed by atoms with Gasteiger partial charge in [0, 0.05) is 0 Å². The van der Waals surface area contributed by atoms with E-state index in [1.54, 1.807) is 0 Å². The maximum absolute atomic E-state index is 10.3. The van der Waals surface area contributed by atoms with Crippen LogP contribution in [0.5, 0.6) is 11.5 Å². The van der Waals surface area contributed by atoms with Crippen molar-refractivity contribution in [3.05, 3.63) is 23.8 Å². The number of phenolic OH excluding ortho intramolecular Hbond substituents is 2. The summed E-state index contributed by atoms with van der Waals surface area (Å²) in [5.41, 5.74) is 0.506. The van der Waals surface area contributed by atoms with Crippen molar-refractivity contribution in [3.8, 4) is 11.5 Å². The van der Waals surface area contributed by atoms with Crippen LogP contribution in [0.25, 0.3) is 0 Å². The van der Waals surface area contributed by atoms with Gasteiger partial charge in [0.1, 0.15) is 0 Å². The number of benzene rings is 1. The van der Waals surface area contributed by atoms with Crippen LogP contribution in [0.15, 0.2) is 18.2 Å². The molecule has 0 saturated carbocycles. The summed E-state index contributed by atoms with van der Waals surface area (Å²) in [7, 11) is 0. The van der Waals surface area contributed by atoms with Gasteiger partial charge in [-0.05, 0) is 17.7 Å². The van der Waals surface area contributed by atoms with E-state index in [0.29, 0.717) is 5.56 Å². The minimum atomic E-state index is -1.92. The topological polar surface area (TPSA) is 77.8 Å². The third-order valence-electron chi connectivity index (χ3n) is 1.33. The first kappa shape index (κ1) is 9.02. The number of rotatable bonds is 2. The van der Waals surface area contributed by atoms with E-state index in [0.717, 1.165) is 0 Å². The lowest BCUT2D eigenvalue weighted by atomic mass is 10.2. The molecule has 66 valence electrons. The largest absolute Gasteiger partial charge is 0.504 e. The molecular formula is C7H8O4S. The lowest BCUT2D eigenvalue weighted by Gasteiger charge is -1.99. The molecule has 0 bridgehead atoms. The van der Waals surface area contributed by atoms with Crippen molar-refractivity contribution < 1.29 is 19.0 Å². The highest BCUT2D eigenvalue weighted by Gasteiger charge is 2.02. The zero-order chi connectivity index (χ0) is 9.14. The molecule has 4 nitrogen and oxygen atoms in total. The Balaban J connectivity index is 2.89. The Morgan fingerprint density at radius 3 is 2.42 bits per heavy atom. The molecule has 0 amide bonds. The monoisotopic (exact) mass is 188 g/mol. The van der Waals surface area contributed by atoms with Crippen molar-refractivity contribution in [2.45, 2.75) is 5.75 Å². The van der Waals surface area contributed by atoms with E-state index in [1.807, 2.05) is 0 Å². The van der Waals surface area contributed by atoms with Crippen molar-refractivity contribution in [1.82, 2.24) is 0 Å². The van der Waals surface area contributed by atoms with Gasteiger partial charge in [-0.25, -0.2) is 4.21 Å². The van der Waals surface area contributed by atoms with E-state index in [1.165, 1.54) is 18.2 Å². The summed E-state index contributed by atoms with van der Waals surface area (Å²) in [6.07, 6.45) is 0. The van der Waals surface area contributed by atoms with Gasteiger partial charge in [-0.2, -0.15) is 0 Å². The fraction of sp³-hybridized carbons (Fsp3) is 0.143. The molecule has 1 atom stereocenters. The highest BCUT2D eigenvalue weighted by molar-refractivity contribution is 7.78. The Morgan fingerprint density at radius 2 is 1.92 bits per heavy atom. The summed E-state index contributed by atoms with van der Waals surface area (Å²) in [6.45, 7) is 0. The van der Waals surface area contributed by atoms with Crippen LogP contribution in [0.2, 0.25) is 0 Å². The fourth-order valence-corrected chi connectivity index (χ4v) is 1.27. The predicted octanol–water partition coefficient (Wildman–Crippen LogP) is 0.819. The minimum Gasteiger partial charge on any atom is -0.504 e. The van der Waals surface area contributed by atoms with Crippen molar-refractivity contribution in [2.75, 3.05) is 0 Å². The normalized spacial score (nSPS) is 12.8. The molecule has 3 N–H and O–H groups in total. The molecule has 0 spiro atoms. The van der Waals surface area contributed by atoms with Crippen LogP contribution in [0.1, 0.15) is 5.56 Å². The van der Waals surface area contributed by atoms with E-state index in [-0.39, 0.29) is 17.3 Å². The second kappa shape index (κ2) is 3.55. The van der Waals surface area contributed by atoms with Gasteiger partial charge < -0.3 is 14.8 Å². The minimum absolute atomic E-state index is 0.0478. The highest BCUT2D eigenvalue weighted by Crippen LogP contribution is 2.25. The zero-order valence-electron chi connectivity index (χ0n) is 6.10. The predicted molar refractivity (Wildman–Crippen MR) is 44.2 cm³/mol. The van der Waals surface area contributed by atoms with Gasteiger partial charge in [-0.3, -0.25) is 0 Å². The van der Waals surface area contributed by atoms with Crippen LogP contribution in [0.4, 0.5) is 0 Å². The lowest BCUT2D eigenvalue weighted by molar-refractivity contribution is 0.403. The molecule has 1 unspecified atom stereocenters. The lowest BCUT2D eigenvalue weighted by Crippen LogP contribution is -1.91. The first-order valence-corrected chi connectivity index (χ1v) is 4.45. The first-order chi connectivity index (χ1) is 5.59. The molecule has 0 aliphatic carbocycles. The molecule has 12 heavy (non-hydrogen) atoms. The number of phenols is 2. The van der Waals surface area contributed by atoms with E-state index in [2.05, 4.69) is 0 Å². The third kappa shape index (κ3) is 2.21. The van der Waals surface area contributed by atoms with Crippen LogP contribution < -0.4 is 0 Å². The van der Waals surface area contributed by atoms with Gasteiger partial charge in [-0.15, -0.1) is 0 Å². The molecule has 0 aromatic heterocycles. The van der Waals surface area contributed by atoms with Crippen LogP contribution in [0, 0.1) is 0 Å². The summed E-state index contributed by atoms with van der Waals surface area (Å²) in [5.74, 6) is -0.561. The van der Waals surface area contributed by atoms with Gasteiger partial charge in [0.15, 0.2) is 22.6 Å². The van der Waals surface area contributed by atoms with E-state index >= 15 is 0 Å². The maximum atomic E-state index is 10.3. The summed E-state index contributed by atoms with van der Waals surface area (Å²) in [6, 6.07) is 4.00. The van der Waals surface area contributed by atoms with Crippen LogP contribution in [-0.4, -0.2) is 19.0 Å². The number of aromatic hydroxyl groups is 2. The highest BCUT2D eigenvalue weighted by atomic mass is 32.2. The zero-order valence-corrected chi connectivity index (χ0v) is 6.91. The summed E-state index contributed by atoms with van der Waals surface area (Å²) >= 11 is -1.92. The van der Waals surface area contributed by atoms with Gasteiger partial charge in [0.05, 0.1) is 5.75 Å². The molecule has 1 aromatic rings. The molecule has 0 heterocycles. The van der Waals surface area contributed by atoms with Crippen molar-refractivity contribution in [1.29, 1.82) is 0 Å². The van der Waals surface area contributed by atoms with E-state index < -0.39 is 11.1 Å². The van der Waals surface area contributed by atoms with Crippen LogP contribution in [0.3, 0.4) is 0 Å². The van der Waals surface area contributed by atoms with E-state index in [9.17, 15) is 4.21 Å². The van der Waals surface area contributed by atoms with Gasteiger partial charge in [0.2, 0.25) is 0 Å². The van der Waals surface area contributed by atoms with Gasteiger partial charge >= 0.3 is 0 Å². The molecule has 1 rings (SSSR count). The Labute approximate surface area is 71.8 Å². The summed E-state index contributed by atoms with van der Waals surface area (Å²) in [4.78, 5) is 0. The molecule has 0 fully saturated rings. The number of hydrogen-bond donors (Lipinski definition) is 3. The Hall–Kier alpha value is -1.07. The van der Waals surface area contributed by atoms with Gasteiger partial charge in [-0.1, -0.05) is 6.07 Å². The van der Waals surface area contributed by atoms with Crippen LogP contribution in [-0.2, 0) is 16.8 Å². The van der Waals surface area contributed by atoms with Crippen LogP contribution >= 0.6 is 0 Å². The molecule has 1 aromatic carbocycles. The third-order valence-corrected chi connectivity index (χ3v) is 1.91. The smallest absolute Gasteiger partial charge is 0.157 e. The second-order valence-corrected chi connectivity index (χ2v) is 3.22. The standard InChI is InChI=1S/C7H8O4S/c8-6-2-1-5(3-7(6)9)4-12(10)11/h1-3,8-9H,4H2,(H,10,11). The molecule has 0 aliphatic heterocycles. The average Bonchev–Trinajstić information content (AvgIpc) is 1.96. The molecule has 5 heteroatoms. The van der Waals surface area contributed by atoms with Crippen molar-refractivity contribution in [2.24, 2.45) is 0 Å². The van der Waals surface area contributed by atoms with E-state index in [4.69, 9.17) is 14.8 Å². The Morgan fingerprint density at radius 1 is 1.25 bits per heavy atom. The molecule has 0 radical (unpaired) electrons. The number of hydrogen-bond acceptors (Lipinski definition) is 3. The quantitative estimate of drug-likeness (QED) is 0.474. The average molecular weight is 188 g/mol. The SMILES string of the molecule is O=S(O)Cc1ccc(O)c(O)c1. The molecule has 0 aliphatic rings. The summed E-state index contributed by atoms with van der Waals surface area (Å²) in [5, 5.41) is 17.9. The Kier molecular flexibility index (Phi) is 2.67. The fourth-order valence-electron chi connectivity index (χ4n) is 0.801. The first-order valence-electron chi connectivity index (χ1n) is 3.18. The van der Waals surface area contributed by atoms with Crippen molar-refractivity contribution in [3.63, 3.8) is 0 Å². The van der Waals surface area contributed by atoms with Gasteiger partial charge in [0.25, 0.3) is 0 Å². The summed E-state index contributed by atoms with van der Waals surface area (Å²) < 4.78 is 18.8. The Bertz CT molecular complexity index is 310. The molecular weight excluding hydrogens is 180 g/mol. The maximum Gasteiger partial charge on any atom is 0.157 e. The second-order valence-electron chi connectivity index (χ2n) is 2.29. The van der Waals surface area contributed by atoms with Crippen molar-refractivity contribution >= 4 is 11.1 Å². The molecule has 0 saturated heterocycles.